The van der Waals surface area contributed by atoms with Gasteiger partial charge in [-0.25, -0.2) is 0 Å². The van der Waals surface area contributed by atoms with Crippen molar-refractivity contribution in [1.29, 1.82) is 0 Å². The van der Waals surface area contributed by atoms with Crippen molar-refractivity contribution in [1.82, 2.24) is 9.80 Å². The summed E-state index contributed by atoms with van der Waals surface area (Å²) in [6.07, 6.45) is 7.95. The van der Waals surface area contributed by atoms with E-state index < -0.39 is 10.6 Å². The molecule has 2 amide bonds. The van der Waals surface area contributed by atoms with Gasteiger partial charge < -0.3 is 19.6 Å². The molecule has 2 aromatic rings. The zero-order valence-corrected chi connectivity index (χ0v) is 26.1. The van der Waals surface area contributed by atoms with Crippen molar-refractivity contribution in [3.05, 3.63) is 64.1 Å². The number of carbonyl (C=O) groups is 3. The minimum Gasteiger partial charge on any atom is -0.392 e. The summed E-state index contributed by atoms with van der Waals surface area (Å²) in [6, 6.07) is 14.9. The van der Waals surface area contributed by atoms with E-state index in [4.69, 9.17) is 12.2 Å². The fourth-order valence-electron chi connectivity index (χ4n) is 6.49. The largest absolute Gasteiger partial charge is 0.392 e. The maximum absolute atomic E-state index is 13.7. The number of fused-ring (bicyclic) bond motifs is 3. The van der Waals surface area contributed by atoms with Gasteiger partial charge in [0.05, 0.1) is 11.5 Å². The lowest BCUT2D eigenvalue weighted by atomic mass is 9.96. The first-order chi connectivity index (χ1) is 20.9. The number of anilines is 2. The van der Waals surface area contributed by atoms with Crippen LogP contribution in [0.15, 0.2) is 47.4 Å². The van der Waals surface area contributed by atoms with Gasteiger partial charge in [0, 0.05) is 42.8 Å². The molecule has 0 radical (unpaired) electrons. The molecule has 1 saturated carbocycles. The van der Waals surface area contributed by atoms with Gasteiger partial charge >= 0.3 is 6.47 Å². The molecule has 1 aliphatic carbocycles. The monoisotopic (exact) mass is 633 g/mol. The number of carbonyl (C=O) groups excluding carboxylic acids is 3. The molecule has 0 bridgehead atoms. The highest BCUT2D eigenvalue weighted by Gasteiger charge is 2.49. The van der Waals surface area contributed by atoms with E-state index in [1.54, 1.807) is 9.80 Å². The Morgan fingerprint density at radius 3 is 2.67 bits per heavy atom. The van der Waals surface area contributed by atoms with E-state index in [1.165, 1.54) is 41.2 Å². The lowest BCUT2D eigenvalue weighted by molar-refractivity contribution is -0.129. The zero-order chi connectivity index (χ0) is 30.1. The molecule has 0 spiro atoms. The number of rotatable bonds is 8. The molecule has 2 aromatic carbocycles. The van der Waals surface area contributed by atoms with Crippen LogP contribution in [-0.2, 0) is 25.7 Å². The quantitative estimate of drug-likeness (QED) is 0.187. The van der Waals surface area contributed by atoms with E-state index in [9.17, 15) is 19.5 Å². The summed E-state index contributed by atoms with van der Waals surface area (Å²) in [6.45, 7) is 2.96. The van der Waals surface area contributed by atoms with Crippen LogP contribution in [0.4, 0.5) is 11.4 Å². The Hall–Kier alpha value is -3.30. The van der Waals surface area contributed by atoms with E-state index in [1.807, 2.05) is 25.1 Å². The van der Waals surface area contributed by atoms with Gasteiger partial charge in [-0.3, -0.25) is 19.3 Å². The molecule has 222 valence electrons. The number of aliphatic hydroxyl groups is 1. The van der Waals surface area contributed by atoms with Gasteiger partial charge in [-0.1, -0.05) is 66.3 Å². The van der Waals surface area contributed by atoms with Gasteiger partial charge in [-0.05, 0) is 66.8 Å². The molecule has 3 heterocycles. The van der Waals surface area contributed by atoms with Crippen LogP contribution in [0.1, 0.15) is 55.2 Å². The molecule has 43 heavy (non-hydrogen) atoms. The van der Waals surface area contributed by atoms with Gasteiger partial charge in [0.15, 0.2) is 0 Å². The van der Waals surface area contributed by atoms with Crippen molar-refractivity contribution >= 4 is 75.8 Å². The first-order valence-corrected chi connectivity index (χ1v) is 16.5. The van der Waals surface area contributed by atoms with E-state index in [0.29, 0.717) is 40.7 Å². The minimum absolute atomic E-state index is 0.0229. The third kappa shape index (κ3) is 5.57. The zero-order valence-electron chi connectivity index (χ0n) is 23.6. The van der Waals surface area contributed by atoms with Crippen LogP contribution in [0.5, 0.6) is 0 Å². The average molecular weight is 634 g/mol. The van der Waals surface area contributed by atoms with Gasteiger partial charge in [-0.2, -0.15) is 0 Å². The average Bonchev–Trinajstić information content (AvgIpc) is 3.75. The number of thioether (sulfide) groups is 2. The summed E-state index contributed by atoms with van der Waals surface area (Å²) in [4.78, 5) is 43.7. The number of hydrogen-bond acceptors (Lipinski definition) is 9. The number of nitrogens with zero attached hydrogens (tertiary/aromatic N) is 3. The summed E-state index contributed by atoms with van der Waals surface area (Å²) in [7, 11) is 0. The highest BCUT2D eigenvalue weighted by atomic mass is 32.2. The van der Waals surface area contributed by atoms with Crippen LogP contribution in [0, 0.1) is 12.0 Å². The van der Waals surface area contributed by atoms with Gasteiger partial charge in [0.1, 0.15) is 21.1 Å². The Kier molecular flexibility index (Phi) is 8.82. The van der Waals surface area contributed by atoms with Crippen molar-refractivity contribution in [2.75, 3.05) is 18.0 Å². The molecule has 4 unspecified atom stereocenters. The Bertz CT molecular complexity index is 1550. The molecular weight excluding hydrogens is 603 g/mol. The fourth-order valence-corrected chi connectivity index (χ4v) is 9.66. The topological polar surface area (TPSA) is 90.4 Å². The summed E-state index contributed by atoms with van der Waals surface area (Å²) < 4.78 is 5.00. The molecule has 0 aromatic heterocycles. The third-order valence-electron chi connectivity index (χ3n) is 8.43. The molecule has 4 aliphatic rings. The van der Waals surface area contributed by atoms with E-state index in [-0.39, 0.29) is 24.9 Å². The van der Waals surface area contributed by atoms with Crippen LogP contribution in [0.2, 0.25) is 0 Å². The maximum Gasteiger partial charge on any atom is 0.307 e. The highest BCUT2D eigenvalue weighted by molar-refractivity contribution is 8.25. The second-order valence-corrected chi connectivity index (χ2v) is 13.7. The minimum atomic E-state index is -0.503. The first-order valence-electron chi connectivity index (χ1n) is 14.4. The Morgan fingerprint density at radius 2 is 1.95 bits per heavy atom. The smallest absolute Gasteiger partial charge is 0.307 e. The third-order valence-corrected chi connectivity index (χ3v) is 11.6. The molecular formula is C32H31N3O5S3. The van der Waals surface area contributed by atoms with Crippen LogP contribution in [0.3, 0.4) is 0 Å². The van der Waals surface area contributed by atoms with Gasteiger partial charge in [0.25, 0.3) is 5.91 Å². The van der Waals surface area contributed by atoms with E-state index in [0.717, 1.165) is 29.7 Å². The highest BCUT2D eigenvalue weighted by Crippen LogP contribution is 2.53. The van der Waals surface area contributed by atoms with Gasteiger partial charge in [-0.15, -0.1) is 0 Å². The Balaban J connectivity index is 1.29. The normalized spacial score (nSPS) is 25.3. The van der Waals surface area contributed by atoms with Crippen LogP contribution in [0.25, 0.3) is 6.08 Å². The Morgan fingerprint density at radius 1 is 1.14 bits per heavy atom. The number of aliphatic hydroxyl groups excluding tert-OH is 1. The number of thiocarbonyl (C=S) groups is 1. The summed E-state index contributed by atoms with van der Waals surface area (Å²) in [5.41, 5.74) is 5.45. The maximum atomic E-state index is 13.7. The fraction of sp³-hybridized carbons (Fsp3) is 0.375. The standard InChI is InChI=1S/C32H31N3O5S3/c1-2-33-30(39)28(43-32(33)41)31-34(14-3-4-15-40-19-37)29(38)27(42-31)17-21-10-13-26-24(16-21)23-6-5-7-25(23)35(26)22-11-8-20(18-36)9-12-22/h8-13,16-17,19,23,25,28,31,36H,2-3,5-7,14,18H2,1H3/b27-17+. The van der Waals surface area contributed by atoms with Crippen LogP contribution < -0.4 is 4.90 Å². The van der Waals surface area contributed by atoms with E-state index in [2.05, 4.69) is 52.0 Å². The Labute approximate surface area is 264 Å². The van der Waals surface area contributed by atoms with Crippen molar-refractivity contribution in [3.63, 3.8) is 0 Å². The second kappa shape index (κ2) is 12.7. The lowest BCUT2D eigenvalue weighted by Gasteiger charge is -2.27. The van der Waals surface area contributed by atoms with Crippen LogP contribution in [-0.4, -0.2) is 67.3 Å². The van der Waals surface area contributed by atoms with Crippen molar-refractivity contribution in [3.8, 4) is 12.0 Å². The summed E-state index contributed by atoms with van der Waals surface area (Å²) >= 11 is 8.19. The predicted octanol–water partition coefficient (Wildman–Crippen LogP) is 4.98. The molecule has 8 nitrogen and oxygen atoms in total. The number of amides is 2. The van der Waals surface area contributed by atoms with Gasteiger partial charge in [0.2, 0.25) is 5.91 Å². The molecule has 4 atom stereocenters. The number of hydrogen-bond donors (Lipinski definition) is 1. The summed E-state index contributed by atoms with van der Waals surface area (Å²) in [5.74, 6) is 2.94. The predicted molar refractivity (Wildman–Crippen MR) is 173 cm³/mol. The summed E-state index contributed by atoms with van der Waals surface area (Å²) in [5, 5.41) is 8.56. The SMILES string of the molecule is CCN1C(=O)C(C2S/C(=C/c3ccc4c(c3)C3CCCC3N4c3ccc(CO)cc3)C(=O)N2CCC#COC=O)SC1=S. The van der Waals surface area contributed by atoms with Crippen molar-refractivity contribution in [2.24, 2.45) is 0 Å². The molecule has 1 N–H and O–H groups in total. The molecule has 3 aliphatic heterocycles. The first kappa shape index (κ1) is 29.8. The lowest BCUT2D eigenvalue weighted by Crippen LogP contribution is -2.43. The number of ether oxygens (including phenoxy) is 1. The van der Waals surface area contributed by atoms with Crippen LogP contribution >= 0.6 is 35.7 Å². The molecule has 2 saturated heterocycles. The second-order valence-electron chi connectivity index (χ2n) is 10.8. The molecule has 11 heteroatoms. The molecule has 6 rings (SSSR count). The van der Waals surface area contributed by atoms with Crippen molar-refractivity contribution in [2.45, 2.75) is 61.8 Å². The van der Waals surface area contributed by atoms with E-state index >= 15 is 0 Å². The van der Waals surface area contributed by atoms with Crippen molar-refractivity contribution < 1.29 is 24.2 Å². The molecule has 3 fully saturated rings. The number of benzene rings is 2.